The first-order valence-electron chi connectivity index (χ1n) is 9.18. The Morgan fingerprint density at radius 1 is 1.13 bits per heavy atom. The molecule has 4 aromatic rings. The van der Waals surface area contributed by atoms with E-state index in [2.05, 4.69) is 25.8 Å². The molecular weight excluding hydrogens is 422 g/mol. The number of rotatable bonds is 7. The number of nitrogens with one attached hydrogen (secondary N) is 2. The first-order valence-corrected chi connectivity index (χ1v) is 10.5. The molecule has 0 aliphatic carbocycles. The molecule has 0 bridgehead atoms. The van der Waals surface area contributed by atoms with Crippen molar-refractivity contribution in [1.29, 1.82) is 0 Å². The Hall–Kier alpha value is -3.10. The van der Waals surface area contributed by atoms with Crippen molar-refractivity contribution in [2.75, 3.05) is 16.4 Å². The molecule has 0 aliphatic rings. The Balaban J connectivity index is 1.47. The van der Waals surface area contributed by atoms with Gasteiger partial charge in [0, 0.05) is 23.0 Å². The van der Waals surface area contributed by atoms with Gasteiger partial charge in [-0.2, -0.15) is 0 Å². The maximum absolute atomic E-state index is 12.2. The summed E-state index contributed by atoms with van der Waals surface area (Å²) in [6.07, 6.45) is 0. The third-order valence-electron chi connectivity index (χ3n) is 4.18. The van der Waals surface area contributed by atoms with Crippen molar-refractivity contribution in [2.45, 2.75) is 18.6 Å². The van der Waals surface area contributed by atoms with Crippen LogP contribution < -0.4 is 10.6 Å². The van der Waals surface area contributed by atoms with Gasteiger partial charge in [-0.1, -0.05) is 52.8 Å². The Bertz CT molecular complexity index is 1180. The number of hydrogen-bond acceptors (Lipinski definition) is 7. The van der Waals surface area contributed by atoms with E-state index in [0.717, 1.165) is 16.5 Å². The largest absolute Gasteiger partial charge is 0.365 e. The summed E-state index contributed by atoms with van der Waals surface area (Å²) in [5, 5.41) is 11.9. The summed E-state index contributed by atoms with van der Waals surface area (Å²) < 4.78 is 4.95. The van der Waals surface area contributed by atoms with E-state index in [-0.39, 0.29) is 11.7 Å². The lowest BCUT2D eigenvalue weighted by Gasteiger charge is -2.11. The van der Waals surface area contributed by atoms with Crippen LogP contribution in [-0.2, 0) is 11.3 Å². The van der Waals surface area contributed by atoms with Crippen LogP contribution in [0.5, 0.6) is 0 Å². The van der Waals surface area contributed by atoms with Crippen molar-refractivity contribution in [2.24, 2.45) is 0 Å². The van der Waals surface area contributed by atoms with Crippen LogP contribution in [0.4, 0.5) is 11.6 Å². The second-order valence-electron chi connectivity index (χ2n) is 6.51. The lowest BCUT2D eigenvalue weighted by atomic mass is 10.2. The molecule has 0 atom stereocenters. The molecule has 0 aliphatic heterocycles. The summed E-state index contributed by atoms with van der Waals surface area (Å²) in [6, 6.07) is 17.1. The summed E-state index contributed by atoms with van der Waals surface area (Å²) >= 11 is 7.21. The zero-order valence-corrected chi connectivity index (χ0v) is 17.6. The van der Waals surface area contributed by atoms with Gasteiger partial charge in [-0.05, 0) is 36.8 Å². The Labute approximate surface area is 182 Å². The molecule has 9 heteroatoms. The minimum absolute atomic E-state index is 0.154. The molecule has 7 nitrogen and oxygen atoms in total. The average Bonchev–Trinajstić information content (AvgIpc) is 3.16. The van der Waals surface area contributed by atoms with E-state index < -0.39 is 0 Å². The first kappa shape index (κ1) is 20.2. The van der Waals surface area contributed by atoms with Crippen molar-refractivity contribution >= 4 is 51.8 Å². The number of nitrogens with zero attached hydrogens (tertiary/aromatic N) is 3. The van der Waals surface area contributed by atoms with Gasteiger partial charge >= 0.3 is 0 Å². The van der Waals surface area contributed by atoms with Gasteiger partial charge in [-0.3, -0.25) is 4.79 Å². The SMILES string of the molecule is Cc1cc(NC(=O)CSc2nc(NCc3ccc(Cl)cc3)c3ccccc3n2)no1. The highest BCUT2D eigenvalue weighted by Crippen LogP contribution is 2.25. The fourth-order valence-electron chi connectivity index (χ4n) is 2.78. The molecule has 1 amide bonds. The standard InChI is InChI=1S/C21H18ClN5O2S/c1-13-10-18(27-29-13)25-19(28)12-30-21-24-17-5-3-2-4-16(17)20(26-21)23-11-14-6-8-15(22)9-7-14/h2-10H,11-12H2,1H3,(H,23,24,26)(H,25,27,28). The van der Waals surface area contributed by atoms with Crippen LogP contribution >= 0.6 is 23.4 Å². The lowest BCUT2D eigenvalue weighted by molar-refractivity contribution is -0.113. The number of anilines is 2. The topological polar surface area (TPSA) is 92.9 Å². The number of thioether (sulfide) groups is 1. The smallest absolute Gasteiger partial charge is 0.236 e. The molecule has 2 N–H and O–H groups in total. The molecule has 30 heavy (non-hydrogen) atoms. The average molecular weight is 440 g/mol. The van der Waals surface area contributed by atoms with Crippen molar-refractivity contribution in [3.05, 3.63) is 70.9 Å². The Morgan fingerprint density at radius 2 is 1.93 bits per heavy atom. The highest BCUT2D eigenvalue weighted by molar-refractivity contribution is 7.99. The second kappa shape index (κ2) is 9.15. The lowest BCUT2D eigenvalue weighted by Crippen LogP contribution is -2.14. The molecule has 2 aromatic carbocycles. The van der Waals surface area contributed by atoms with E-state index in [9.17, 15) is 4.79 Å². The highest BCUT2D eigenvalue weighted by Gasteiger charge is 2.11. The number of amides is 1. The van der Waals surface area contributed by atoms with Gasteiger partial charge in [0.2, 0.25) is 5.91 Å². The number of halogens is 1. The van der Waals surface area contributed by atoms with Crippen molar-refractivity contribution in [3.63, 3.8) is 0 Å². The number of fused-ring (bicyclic) bond motifs is 1. The van der Waals surface area contributed by atoms with Crippen LogP contribution in [0.3, 0.4) is 0 Å². The maximum atomic E-state index is 12.2. The number of aromatic nitrogens is 3. The molecular formula is C21H18ClN5O2S. The van der Waals surface area contributed by atoms with E-state index >= 15 is 0 Å². The number of aryl methyl sites for hydroxylation is 1. The Morgan fingerprint density at radius 3 is 2.70 bits per heavy atom. The van der Waals surface area contributed by atoms with Crippen LogP contribution in [0.25, 0.3) is 10.9 Å². The fraction of sp³-hybridized carbons (Fsp3) is 0.143. The minimum Gasteiger partial charge on any atom is -0.365 e. The van der Waals surface area contributed by atoms with Gasteiger partial charge in [-0.25, -0.2) is 9.97 Å². The highest BCUT2D eigenvalue weighted by atomic mass is 35.5. The summed E-state index contributed by atoms with van der Waals surface area (Å²) in [6.45, 7) is 2.35. The van der Waals surface area contributed by atoms with Crippen LogP contribution in [0, 0.1) is 6.92 Å². The zero-order valence-electron chi connectivity index (χ0n) is 16.1. The summed E-state index contributed by atoms with van der Waals surface area (Å²) in [4.78, 5) is 21.4. The number of para-hydroxylation sites is 1. The van der Waals surface area contributed by atoms with Crippen molar-refractivity contribution in [1.82, 2.24) is 15.1 Å². The van der Waals surface area contributed by atoms with Gasteiger partial charge in [0.25, 0.3) is 0 Å². The van der Waals surface area contributed by atoms with E-state index in [1.54, 1.807) is 13.0 Å². The van der Waals surface area contributed by atoms with Gasteiger partial charge in [0.05, 0.1) is 11.3 Å². The van der Waals surface area contributed by atoms with Crippen LogP contribution in [0.2, 0.25) is 5.02 Å². The number of benzene rings is 2. The maximum Gasteiger partial charge on any atom is 0.236 e. The molecule has 0 fully saturated rings. The third-order valence-corrected chi connectivity index (χ3v) is 5.28. The fourth-order valence-corrected chi connectivity index (χ4v) is 3.55. The molecule has 2 aromatic heterocycles. The summed E-state index contributed by atoms with van der Waals surface area (Å²) in [5.74, 6) is 1.68. The molecule has 0 saturated heterocycles. The van der Waals surface area contributed by atoms with Crippen LogP contribution in [-0.4, -0.2) is 26.8 Å². The summed E-state index contributed by atoms with van der Waals surface area (Å²) in [5.41, 5.74) is 1.89. The van der Waals surface area contributed by atoms with E-state index in [0.29, 0.717) is 34.1 Å². The minimum atomic E-state index is -0.208. The van der Waals surface area contributed by atoms with Crippen LogP contribution in [0.1, 0.15) is 11.3 Å². The molecule has 0 saturated carbocycles. The second-order valence-corrected chi connectivity index (χ2v) is 7.89. The molecule has 152 valence electrons. The molecule has 0 unspecified atom stereocenters. The molecule has 0 spiro atoms. The normalized spacial score (nSPS) is 10.9. The predicted octanol–water partition coefficient (Wildman–Crippen LogP) is 4.92. The first-order chi connectivity index (χ1) is 14.6. The number of carbonyl (C=O) groups excluding carboxylic acids is 1. The van der Waals surface area contributed by atoms with Gasteiger partial charge in [-0.15, -0.1) is 0 Å². The predicted molar refractivity (Wildman–Crippen MR) is 119 cm³/mol. The van der Waals surface area contributed by atoms with E-state index in [1.807, 2.05) is 48.5 Å². The Kier molecular flexibility index (Phi) is 6.15. The van der Waals surface area contributed by atoms with Gasteiger partial charge < -0.3 is 15.2 Å². The van der Waals surface area contributed by atoms with Crippen LogP contribution in [0.15, 0.2) is 64.3 Å². The zero-order chi connectivity index (χ0) is 20.9. The molecule has 0 radical (unpaired) electrons. The van der Waals surface area contributed by atoms with Crippen molar-refractivity contribution < 1.29 is 9.32 Å². The monoisotopic (exact) mass is 439 g/mol. The number of carbonyl (C=O) groups is 1. The third kappa shape index (κ3) is 5.08. The summed E-state index contributed by atoms with van der Waals surface area (Å²) in [7, 11) is 0. The number of hydrogen-bond donors (Lipinski definition) is 2. The van der Waals surface area contributed by atoms with E-state index in [4.69, 9.17) is 16.1 Å². The van der Waals surface area contributed by atoms with Gasteiger partial charge in [0.1, 0.15) is 11.6 Å². The van der Waals surface area contributed by atoms with Gasteiger partial charge in [0.15, 0.2) is 11.0 Å². The quantitative estimate of drug-likeness (QED) is 0.311. The van der Waals surface area contributed by atoms with Crippen molar-refractivity contribution in [3.8, 4) is 0 Å². The van der Waals surface area contributed by atoms with E-state index in [1.165, 1.54) is 11.8 Å². The molecule has 2 heterocycles. The molecule has 4 rings (SSSR count).